The lowest BCUT2D eigenvalue weighted by Crippen LogP contribution is -1.84. The molecule has 0 bridgehead atoms. The second-order valence-corrected chi connectivity index (χ2v) is 4.91. The highest BCUT2D eigenvalue weighted by Gasteiger charge is 2.03. The minimum atomic E-state index is 1.20. The van der Waals surface area contributed by atoms with E-state index in [1.165, 1.54) is 38.2 Å². The van der Waals surface area contributed by atoms with E-state index in [1.807, 2.05) is 6.08 Å². The Morgan fingerprint density at radius 3 is 2.17 bits per heavy atom. The van der Waals surface area contributed by atoms with Crippen LogP contribution in [0.3, 0.4) is 0 Å². The molecule has 0 saturated heterocycles. The molecule has 0 unspecified atom stereocenters. The number of hydrogen-bond acceptors (Lipinski definition) is 0. The van der Waals surface area contributed by atoms with Crippen molar-refractivity contribution in [2.75, 3.05) is 0 Å². The van der Waals surface area contributed by atoms with Gasteiger partial charge in [0.2, 0.25) is 0 Å². The van der Waals surface area contributed by atoms with E-state index in [1.54, 1.807) is 0 Å². The van der Waals surface area contributed by atoms with Crippen LogP contribution < -0.4 is 0 Å². The molecule has 0 aliphatic heterocycles. The van der Waals surface area contributed by atoms with Crippen LogP contribution in [0.2, 0.25) is 0 Å². The molecule has 0 saturated carbocycles. The van der Waals surface area contributed by atoms with Gasteiger partial charge in [0.25, 0.3) is 0 Å². The molecule has 88 valence electrons. The molecular weight excluding hydrogens is 216 g/mol. The van der Waals surface area contributed by atoms with Gasteiger partial charge in [-0.1, -0.05) is 43.0 Å². The molecule has 0 nitrogen and oxygen atoms in total. The Labute approximate surface area is 108 Å². The van der Waals surface area contributed by atoms with Crippen molar-refractivity contribution < 1.29 is 0 Å². The minimum Gasteiger partial charge on any atom is -0.0984 e. The summed E-state index contributed by atoms with van der Waals surface area (Å²) in [6.07, 6.45) is 1.93. The third-order valence-electron chi connectivity index (χ3n) is 3.70. The van der Waals surface area contributed by atoms with E-state index >= 15 is 0 Å². The first-order chi connectivity index (χ1) is 8.69. The molecule has 0 radical (unpaired) electrons. The van der Waals surface area contributed by atoms with E-state index in [9.17, 15) is 0 Å². The summed E-state index contributed by atoms with van der Waals surface area (Å²) in [6, 6.07) is 15.4. The van der Waals surface area contributed by atoms with Gasteiger partial charge in [0.1, 0.15) is 0 Å². The van der Waals surface area contributed by atoms with Gasteiger partial charge in [-0.25, -0.2) is 0 Å². The zero-order chi connectivity index (χ0) is 12.7. The van der Waals surface area contributed by atoms with Crippen molar-refractivity contribution in [1.29, 1.82) is 0 Å². The molecule has 0 heteroatoms. The predicted molar refractivity (Wildman–Crippen MR) is 81.0 cm³/mol. The average molecular weight is 232 g/mol. The van der Waals surface area contributed by atoms with Gasteiger partial charge < -0.3 is 0 Å². The fourth-order valence-corrected chi connectivity index (χ4v) is 2.51. The molecule has 0 aromatic heterocycles. The summed E-state index contributed by atoms with van der Waals surface area (Å²) in [7, 11) is 0. The second kappa shape index (κ2) is 3.99. The smallest absolute Gasteiger partial charge is 0.0105 e. The van der Waals surface area contributed by atoms with E-state index in [-0.39, 0.29) is 0 Å². The van der Waals surface area contributed by atoms with Gasteiger partial charge in [0, 0.05) is 0 Å². The van der Waals surface area contributed by atoms with Crippen LogP contribution in [0.4, 0.5) is 0 Å². The Morgan fingerprint density at radius 2 is 1.50 bits per heavy atom. The molecule has 3 aromatic rings. The number of rotatable bonds is 1. The monoisotopic (exact) mass is 232 g/mol. The first kappa shape index (κ1) is 11.0. The molecular formula is C18H16. The van der Waals surface area contributed by atoms with Crippen LogP contribution in [0.15, 0.2) is 49.0 Å². The predicted octanol–water partition coefficient (Wildman–Crippen LogP) is 5.25. The standard InChI is InChI=1S/C18H16/c1-4-14-6-5-7-15-10-16-8-12(2)13(3)9-17(16)11-18(14)15/h4-11H,1H2,2-3H3. The van der Waals surface area contributed by atoms with Crippen LogP contribution in [0.1, 0.15) is 16.7 Å². The normalized spacial score (nSPS) is 11.0. The largest absolute Gasteiger partial charge is 0.0984 e. The van der Waals surface area contributed by atoms with Crippen molar-refractivity contribution in [3.8, 4) is 0 Å². The first-order valence-electron chi connectivity index (χ1n) is 6.25. The van der Waals surface area contributed by atoms with Crippen LogP contribution in [0.25, 0.3) is 27.6 Å². The summed E-state index contributed by atoms with van der Waals surface area (Å²) >= 11 is 0. The Morgan fingerprint density at radius 1 is 0.833 bits per heavy atom. The minimum absolute atomic E-state index is 1.20. The molecule has 0 amide bonds. The molecule has 0 spiro atoms. The summed E-state index contributed by atoms with van der Waals surface area (Å²) in [5.41, 5.74) is 3.90. The van der Waals surface area contributed by atoms with Gasteiger partial charge >= 0.3 is 0 Å². The number of benzene rings is 3. The van der Waals surface area contributed by atoms with Crippen molar-refractivity contribution in [3.63, 3.8) is 0 Å². The van der Waals surface area contributed by atoms with E-state index < -0.39 is 0 Å². The first-order valence-corrected chi connectivity index (χ1v) is 6.25. The summed E-state index contributed by atoms with van der Waals surface area (Å²) in [6.45, 7) is 8.22. The van der Waals surface area contributed by atoms with Crippen LogP contribution in [0.5, 0.6) is 0 Å². The Bertz CT molecular complexity index is 764. The van der Waals surface area contributed by atoms with E-state index in [0.717, 1.165) is 0 Å². The van der Waals surface area contributed by atoms with Crippen molar-refractivity contribution in [2.45, 2.75) is 13.8 Å². The van der Waals surface area contributed by atoms with Gasteiger partial charge in [-0.15, -0.1) is 0 Å². The molecule has 0 aliphatic rings. The number of hydrogen-bond donors (Lipinski definition) is 0. The third-order valence-corrected chi connectivity index (χ3v) is 3.70. The topological polar surface area (TPSA) is 0 Å². The summed E-state index contributed by atoms with van der Waals surface area (Å²) in [5.74, 6) is 0. The lowest BCUT2D eigenvalue weighted by Gasteiger charge is -2.08. The Hall–Kier alpha value is -2.08. The van der Waals surface area contributed by atoms with Crippen LogP contribution in [0, 0.1) is 13.8 Å². The highest BCUT2D eigenvalue weighted by atomic mass is 14.1. The fraction of sp³-hybridized carbons (Fsp3) is 0.111. The Kier molecular flexibility index (Phi) is 2.45. The van der Waals surface area contributed by atoms with E-state index in [2.05, 4.69) is 62.9 Å². The maximum Gasteiger partial charge on any atom is -0.0105 e. The summed E-state index contributed by atoms with van der Waals surface area (Å²) in [5, 5.41) is 5.18. The fourth-order valence-electron chi connectivity index (χ4n) is 2.51. The highest BCUT2D eigenvalue weighted by molar-refractivity contribution is 6.02. The summed E-state index contributed by atoms with van der Waals surface area (Å²) in [4.78, 5) is 0. The Balaban J connectivity index is 2.47. The molecule has 3 rings (SSSR count). The SMILES string of the molecule is C=Cc1cccc2cc3cc(C)c(C)cc3cc12. The highest BCUT2D eigenvalue weighted by Crippen LogP contribution is 2.27. The zero-order valence-corrected chi connectivity index (χ0v) is 10.8. The number of aryl methyl sites for hydroxylation is 2. The maximum atomic E-state index is 3.89. The van der Waals surface area contributed by atoms with Crippen LogP contribution in [-0.2, 0) is 0 Å². The average Bonchev–Trinajstić information content (AvgIpc) is 2.37. The van der Waals surface area contributed by atoms with Crippen molar-refractivity contribution in [2.24, 2.45) is 0 Å². The van der Waals surface area contributed by atoms with Gasteiger partial charge in [-0.2, -0.15) is 0 Å². The third kappa shape index (κ3) is 1.62. The van der Waals surface area contributed by atoms with Crippen molar-refractivity contribution in [1.82, 2.24) is 0 Å². The molecule has 0 atom stereocenters. The molecule has 0 fully saturated rings. The van der Waals surface area contributed by atoms with Gasteiger partial charge in [-0.05, 0) is 64.2 Å². The van der Waals surface area contributed by atoms with Crippen LogP contribution >= 0.6 is 0 Å². The summed E-state index contributed by atoms with van der Waals surface area (Å²) < 4.78 is 0. The van der Waals surface area contributed by atoms with Crippen LogP contribution in [-0.4, -0.2) is 0 Å². The van der Waals surface area contributed by atoms with E-state index in [0.29, 0.717) is 0 Å². The maximum absolute atomic E-state index is 3.89. The van der Waals surface area contributed by atoms with Gasteiger partial charge in [0.15, 0.2) is 0 Å². The molecule has 3 aromatic carbocycles. The second-order valence-electron chi connectivity index (χ2n) is 4.91. The zero-order valence-electron chi connectivity index (χ0n) is 10.8. The molecule has 18 heavy (non-hydrogen) atoms. The van der Waals surface area contributed by atoms with Gasteiger partial charge in [0.05, 0.1) is 0 Å². The quantitative estimate of drug-likeness (QED) is 0.502. The molecule has 0 aliphatic carbocycles. The lowest BCUT2D eigenvalue weighted by atomic mass is 9.97. The van der Waals surface area contributed by atoms with Gasteiger partial charge in [-0.3, -0.25) is 0 Å². The molecule has 0 N–H and O–H groups in total. The van der Waals surface area contributed by atoms with E-state index in [4.69, 9.17) is 0 Å². The molecule has 0 heterocycles. The lowest BCUT2D eigenvalue weighted by molar-refractivity contribution is 1.37. The van der Waals surface area contributed by atoms with Crippen molar-refractivity contribution in [3.05, 3.63) is 65.7 Å². The van der Waals surface area contributed by atoms with Crippen molar-refractivity contribution >= 4 is 27.6 Å². The number of fused-ring (bicyclic) bond motifs is 2.